The van der Waals surface area contributed by atoms with E-state index in [4.69, 9.17) is 0 Å². The molecule has 0 aromatic carbocycles. The van der Waals surface area contributed by atoms with Gasteiger partial charge >= 0.3 is 0 Å². The normalized spacial score (nSPS) is 42.9. The second-order valence-corrected chi connectivity index (χ2v) is 6.51. The minimum atomic E-state index is -0.121. The van der Waals surface area contributed by atoms with Crippen LogP contribution >= 0.6 is 0 Å². The zero-order valence-corrected chi connectivity index (χ0v) is 10.7. The smallest absolute Gasteiger partial charge is 0.253 e. The van der Waals surface area contributed by atoms with Crippen LogP contribution in [0.4, 0.5) is 0 Å². The Morgan fingerprint density at radius 1 is 1.18 bits per heavy atom. The minimum absolute atomic E-state index is 0.0923. The van der Waals surface area contributed by atoms with Gasteiger partial charge in [0.05, 0.1) is 0 Å². The molecule has 3 nitrogen and oxygen atoms in total. The van der Waals surface area contributed by atoms with E-state index in [9.17, 15) is 9.59 Å². The van der Waals surface area contributed by atoms with Gasteiger partial charge in [-0.1, -0.05) is 20.8 Å². The summed E-state index contributed by atoms with van der Waals surface area (Å²) in [5.41, 5.74) is 0.329. The monoisotopic (exact) mass is 233 g/mol. The second-order valence-electron chi connectivity index (χ2n) is 6.51. The summed E-state index contributed by atoms with van der Waals surface area (Å²) in [5.74, 6) is 0.410. The second kappa shape index (κ2) is 3.01. The third-order valence-corrected chi connectivity index (χ3v) is 5.90. The van der Waals surface area contributed by atoms with E-state index >= 15 is 0 Å². The largest absolute Gasteiger partial charge is 0.272 e. The average Bonchev–Trinajstić information content (AvgIpc) is 2.75. The third-order valence-electron chi connectivity index (χ3n) is 5.90. The molecule has 3 unspecified atom stereocenters. The Kier molecular flexibility index (Phi) is 1.94. The van der Waals surface area contributed by atoms with Crippen molar-refractivity contribution in [2.24, 2.45) is 16.7 Å². The number of hydrogen-bond acceptors (Lipinski definition) is 2. The maximum absolute atomic E-state index is 11.8. The fraction of sp³-hybridized carbons (Fsp3) is 0.714. The lowest BCUT2D eigenvalue weighted by Crippen LogP contribution is -2.49. The van der Waals surface area contributed by atoms with Crippen molar-refractivity contribution in [1.29, 1.82) is 0 Å². The maximum Gasteiger partial charge on any atom is 0.253 e. The molecule has 2 saturated carbocycles. The number of carbonyl (C=O) groups is 2. The number of hydrogen-bond donors (Lipinski definition) is 0. The molecule has 0 aromatic rings. The first kappa shape index (κ1) is 11.0. The highest BCUT2D eigenvalue weighted by atomic mass is 16.2. The lowest BCUT2D eigenvalue weighted by molar-refractivity contribution is -0.143. The van der Waals surface area contributed by atoms with Crippen molar-refractivity contribution >= 4 is 11.8 Å². The number of imide groups is 1. The van der Waals surface area contributed by atoms with E-state index in [0.29, 0.717) is 5.92 Å². The summed E-state index contributed by atoms with van der Waals surface area (Å²) in [5, 5.41) is 0. The molecule has 0 radical (unpaired) electrons. The first-order valence-corrected chi connectivity index (χ1v) is 6.43. The predicted molar refractivity (Wildman–Crippen MR) is 64.0 cm³/mol. The summed E-state index contributed by atoms with van der Waals surface area (Å²) in [4.78, 5) is 25.1. The third kappa shape index (κ3) is 1.12. The van der Waals surface area contributed by atoms with Crippen molar-refractivity contribution in [1.82, 2.24) is 4.90 Å². The van der Waals surface area contributed by atoms with Crippen molar-refractivity contribution in [2.45, 2.75) is 46.1 Å². The van der Waals surface area contributed by atoms with Crippen LogP contribution in [-0.2, 0) is 9.59 Å². The molecule has 2 fully saturated rings. The van der Waals surface area contributed by atoms with E-state index in [1.165, 1.54) is 23.5 Å². The van der Waals surface area contributed by atoms with Crippen molar-refractivity contribution in [3.05, 3.63) is 12.2 Å². The molecule has 3 heteroatoms. The van der Waals surface area contributed by atoms with E-state index in [1.54, 1.807) is 0 Å². The number of carbonyl (C=O) groups excluding carboxylic acids is 2. The molecule has 0 saturated heterocycles. The van der Waals surface area contributed by atoms with Crippen molar-refractivity contribution in [3.63, 3.8) is 0 Å². The molecule has 92 valence electrons. The molecule has 0 spiro atoms. The lowest BCUT2D eigenvalue weighted by atomic mass is 9.69. The van der Waals surface area contributed by atoms with Gasteiger partial charge in [0.25, 0.3) is 11.8 Å². The molecule has 2 bridgehead atoms. The Hall–Kier alpha value is -1.12. The van der Waals surface area contributed by atoms with Crippen LogP contribution in [0.2, 0.25) is 0 Å². The van der Waals surface area contributed by atoms with E-state index in [0.717, 1.165) is 12.8 Å². The SMILES string of the molecule is CC1(C)C2CCC1(C)C(N1C(=O)C=CC1=O)C2. The molecule has 3 atom stereocenters. The molecule has 2 amide bonds. The van der Waals surface area contributed by atoms with Gasteiger partial charge in [-0.25, -0.2) is 0 Å². The zero-order valence-electron chi connectivity index (χ0n) is 10.7. The Labute approximate surface area is 102 Å². The number of rotatable bonds is 1. The molecule has 1 aliphatic heterocycles. The van der Waals surface area contributed by atoms with Crippen LogP contribution in [-0.4, -0.2) is 22.8 Å². The first-order chi connectivity index (χ1) is 7.88. The van der Waals surface area contributed by atoms with Gasteiger partial charge in [-0.05, 0) is 36.0 Å². The molecular formula is C14H19NO2. The van der Waals surface area contributed by atoms with Gasteiger partial charge in [-0.3, -0.25) is 14.5 Å². The first-order valence-electron chi connectivity index (χ1n) is 6.43. The molecule has 0 N–H and O–H groups in total. The van der Waals surface area contributed by atoms with Crippen LogP contribution in [0.3, 0.4) is 0 Å². The van der Waals surface area contributed by atoms with Gasteiger partial charge in [0.2, 0.25) is 0 Å². The van der Waals surface area contributed by atoms with Crippen LogP contribution in [0.25, 0.3) is 0 Å². The van der Waals surface area contributed by atoms with E-state index in [1.807, 2.05) is 0 Å². The molecule has 1 heterocycles. The van der Waals surface area contributed by atoms with Gasteiger partial charge < -0.3 is 0 Å². The standard InChI is InChI=1S/C14H19NO2/c1-13(2)9-6-7-14(13,3)10(8-9)15-11(16)4-5-12(15)17/h4-5,9-10H,6-8H2,1-3H3. The number of fused-ring (bicyclic) bond motifs is 2. The van der Waals surface area contributed by atoms with Gasteiger partial charge in [0.1, 0.15) is 0 Å². The van der Waals surface area contributed by atoms with E-state index < -0.39 is 0 Å². The van der Waals surface area contributed by atoms with Crippen molar-refractivity contribution in [3.8, 4) is 0 Å². The number of amides is 2. The quantitative estimate of drug-likeness (QED) is 0.651. The average molecular weight is 233 g/mol. The van der Waals surface area contributed by atoms with Crippen molar-refractivity contribution < 1.29 is 9.59 Å². The van der Waals surface area contributed by atoms with Crippen LogP contribution in [0.15, 0.2) is 12.2 Å². The minimum Gasteiger partial charge on any atom is -0.272 e. The van der Waals surface area contributed by atoms with E-state index in [-0.39, 0.29) is 28.7 Å². The van der Waals surface area contributed by atoms with Gasteiger partial charge in [-0.15, -0.1) is 0 Å². The molecule has 2 aliphatic carbocycles. The van der Waals surface area contributed by atoms with Crippen molar-refractivity contribution in [2.75, 3.05) is 0 Å². The zero-order chi connectivity index (χ0) is 12.4. The highest BCUT2D eigenvalue weighted by Gasteiger charge is 2.64. The summed E-state index contributed by atoms with van der Waals surface area (Å²) in [7, 11) is 0. The predicted octanol–water partition coefficient (Wildman–Crippen LogP) is 2.13. The van der Waals surface area contributed by atoms with Crippen LogP contribution in [0, 0.1) is 16.7 Å². The lowest BCUT2D eigenvalue weighted by Gasteiger charge is -2.42. The highest BCUT2D eigenvalue weighted by molar-refractivity contribution is 6.13. The van der Waals surface area contributed by atoms with Crippen LogP contribution in [0.1, 0.15) is 40.0 Å². The molecule has 3 aliphatic rings. The van der Waals surface area contributed by atoms with E-state index in [2.05, 4.69) is 20.8 Å². The topological polar surface area (TPSA) is 37.4 Å². The summed E-state index contributed by atoms with van der Waals surface area (Å²) in [6.07, 6.45) is 6.17. The highest BCUT2D eigenvalue weighted by Crippen LogP contribution is 2.66. The summed E-state index contributed by atoms with van der Waals surface area (Å²) < 4.78 is 0. The Balaban J connectivity index is 1.98. The van der Waals surface area contributed by atoms with Crippen LogP contribution in [0.5, 0.6) is 0 Å². The summed E-state index contributed by atoms with van der Waals surface area (Å²) >= 11 is 0. The molecule has 0 aromatic heterocycles. The van der Waals surface area contributed by atoms with Gasteiger partial charge in [0.15, 0.2) is 0 Å². The maximum atomic E-state index is 11.8. The van der Waals surface area contributed by atoms with Gasteiger partial charge in [-0.2, -0.15) is 0 Å². The number of nitrogens with zero attached hydrogens (tertiary/aromatic N) is 1. The Morgan fingerprint density at radius 3 is 2.18 bits per heavy atom. The molecule has 17 heavy (non-hydrogen) atoms. The van der Waals surface area contributed by atoms with Crippen LogP contribution < -0.4 is 0 Å². The van der Waals surface area contributed by atoms with Gasteiger partial charge in [0, 0.05) is 18.2 Å². The Morgan fingerprint density at radius 2 is 1.76 bits per heavy atom. The summed E-state index contributed by atoms with van der Waals surface area (Å²) in [6, 6.07) is 0.103. The molecular weight excluding hydrogens is 214 g/mol. The summed E-state index contributed by atoms with van der Waals surface area (Å²) in [6.45, 7) is 6.84. The fourth-order valence-electron chi connectivity index (χ4n) is 4.27. The Bertz CT molecular complexity index is 420. The molecule has 3 rings (SSSR count). The fourth-order valence-corrected chi connectivity index (χ4v) is 4.27.